The number of likely N-dealkylation sites (tertiary alicyclic amines) is 1. The molecule has 0 unspecified atom stereocenters. The fourth-order valence-electron chi connectivity index (χ4n) is 1.92. The number of aliphatic imine (C=N–C) groups is 1. The van der Waals surface area contributed by atoms with Crippen LogP contribution in [0.2, 0.25) is 0 Å². The minimum atomic E-state index is 0.741. The van der Waals surface area contributed by atoms with Crippen molar-refractivity contribution < 1.29 is 0 Å². The molecule has 0 aromatic carbocycles. The fraction of sp³-hybridized carbons (Fsp3) is 0.917. The summed E-state index contributed by atoms with van der Waals surface area (Å²) in [5.41, 5.74) is 5.97. The lowest BCUT2D eigenvalue weighted by Crippen LogP contribution is -2.42. The molecule has 1 saturated heterocycles. The molecule has 94 valence electrons. The van der Waals surface area contributed by atoms with Crippen molar-refractivity contribution in [1.29, 1.82) is 0 Å². The molecule has 1 aliphatic heterocycles. The second-order valence-corrected chi connectivity index (χ2v) is 5.07. The Morgan fingerprint density at radius 2 is 2.00 bits per heavy atom. The predicted octanol–water partition coefficient (Wildman–Crippen LogP) is 0.985. The van der Waals surface area contributed by atoms with Gasteiger partial charge in [0.05, 0.1) is 0 Å². The molecule has 0 radical (unpaired) electrons. The van der Waals surface area contributed by atoms with E-state index in [1.807, 2.05) is 0 Å². The molecule has 4 heteroatoms. The zero-order chi connectivity index (χ0) is 12.0. The molecule has 1 rings (SSSR count). The van der Waals surface area contributed by atoms with Gasteiger partial charge in [-0.3, -0.25) is 4.99 Å². The van der Waals surface area contributed by atoms with Gasteiger partial charge in [0.1, 0.15) is 0 Å². The molecule has 4 nitrogen and oxygen atoms in total. The summed E-state index contributed by atoms with van der Waals surface area (Å²) in [5, 5.41) is 0. The SMILES string of the molecule is CC1CCN(C(N)=NCCCN(C)C)CC1. The van der Waals surface area contributed by atoms with Crippen LogP contribution in [0.25, 0.3) is 0 Å². The lowest BCUT2D eigenvalue weighted by molar-refractivity contribution is 0.277. The van der Waals surface area contributed by atoms with Crippen LogP contribution in [-0.4, -0.2) is 56.0 Å². The van der Waals surface area contributed by atoms with Gasteiger partial charge in [-0.15, -0.1) is 0 Å². The molecule has 1 fully saturated rings. The van der Waals surface area contributed by atoms with Crippen LogP contribution >= 0.6 is 0 Å². The summed E-state index contributed by atoms with van der Waals surface area (Å²) in [7, 11) is 4.16. The van der Waals surface area contributed by atoms with Crippen LogP contribution in [0.15, 0.2) is 4.99 Å². The second-order valence-electron chi connectivity index (χ2n) is 5.07. The Bertz CT molecular complexity index is 217. The van der Waals surface area contributed by atoms with Crippen LogP contribution in [0.3, 0.4) is 0 Å². The van der Waals surface area contributed by atoms with E-state index in [0.29, 0.717) is 0 Å². The Hall–Kier alpha value is -0.770. The topological polar surface area (TPSA) is 44.9 Å². The summed E-state index contributed by atoms with van der Waals surface area (Å²) in [4.78, 5) is 8.83. The van der Waals surface area contributed by atoms with E-state index in [1.54, 1.807) is 0 Å². The predicted molar refractivity (Wildman–Crippen MR) is 69.6 cm³/mol. The van der Waals surface area contributed by atoms with E-state index >= 15 is 0 Å². The average Bonchev–Trinajstić information content (AvgIpc) is 2.25. The summed E-state index contributed by atoms with van der Waals surface area (Å²) in [6.07, 6.45) is 3.57. The minimum absolute atomic E-state index is 0.741. The molecule has 16 heavy (non-hydrogen) atoms. The maximum absolute atomic E-state index is 5.97. The summed E-state index contributed by atoms with van der Waals surface area (Å²) >= 11 is 0. The van der Waals surface area contributed by atoms with E-state index in [0.717, 1.165) is 44.5 Å². The summed E-state index contributed by atoms with van der Waals surface area (Å²) in [6.45, 7) is 6.37. The first-order valence-corrected chi connectivity index (χ1v) is 6.29. The Morgan fingerprint density at radius 1 is 1.38 bits per heavy atom. The molecule has 0 saturated carbocycles. The van der Waals surface area contributed by atoms with Crippen molar-refractivity contribution in [3.8, 4) is 0 Å². The largest absolute Gasteiger partial charge is 0.370 e. The Labute approximate surface area is 99.5 Å². The molecule has 0 bridgehead atoms. The zero-order valence-corrected chi connectivity index (χ0v) is 10.9. The molecule has 0 aliphatic carbocycles. The van der Waals surface area contributed by atoms with Gasteiger partial charge in [-0.1, -0.05) is 6.92 Å². The highest BCUT2D eigenvalue weighted by Gasteiger charge is 2.16. The maximum atomic E-state index is 5.97. The van der Waals surface area contributed by atoms with Crippen molar-refractivity contribution in [3.05, 3.63) is 0 Å². The van der Waals surface area contributed by atoms with E-state index in [4.69, 9.17) is 5.73 Å². The lowest BCUT2D eigenvalue weighted by atomic mass is 10.00. The van der Waals surface area contributed by atoms with E-state index in [9.17, 15) is 0 Å². The first-order valence-electron chi connectivity index (χ1n) is 6.29. The molecular weight excluding hydrogens is 200 g/mol. The van der Waals surface area contributed by atoms with E-state index in [-0.39, 0.29) is 0 Å². The summed E-state index contributed by atoms with van der Waals surface area (Å²) in [5.74, 6) is 1.59. The van der Waals surface area contributed by atoms with Gasteiger partial charge in [-0.25, -0.2) is 0 Å². The van der Waals surface area contributed by atoms with Gasteiger partial charge in [0.15, 0.2) is 5.96 Å². The van der Waals surface area contributed by atoms with Crippen molar-refractivity contribution in [2.75, 3.05) is 40.3 Å². The molecule has 2 N–H and O–H groups in total. The smallest absolute Gasteiger partial charge is 0.191 e. The van der Waals surface area contributed by atoms with Crippen molar-refractivity contribution in [2.45, 2.75) is 26.2 Å². The van der Waals surface area contributed by atoms with Crippen molar-refractivity contribution in [1.82, 2.24) is 9.80 Å². The molecule has 0 atom stereocenters. The number of nitrogens with two attached hydrogens (primary N) is 1. The van der Waals surface area contributed by atoms with Crippen molar-refractivity contribution in [2.24, 2.45) is 16.6 Å². The van der Waals surface area contributed by atoms with Crippen LogP contribution in [0.1, 0.15) is 26.2 Å². The normalized spacial score (nSPS) is 19.5. The molecule has 1 aliphatic rings. The third-order valence-electron chi connectivity index (χ3n) is 3.14. The summed E-state index contributed by atoms with van der Waals surface area (Å²) in [6, 6.07) is 0. The van der Waals surface area contributed by atoms with Gasteiger partial charge in [0.2, 0.25) is 0 Å². The van der Waals surface area contributed by atoms with Gasteiger partial charge < -0.3 is 15.5 Å². The number of rotatable bonds is 4. The van der Waals surface area contributed by atoms with Crippen LogP contribution in [-0.2, 0) is 0 Å². The van der Waals surface area contributed by atoms with Gasteiger partial charge in [-0.2, -0.15) is 0 Å². The number of nitrogens with zero attached hydrogens (tertiary/aromatic N) is 3. The standard InChI is InChI=1S/C12H26N4/c1-11-5-9-16(10-6-11)12(13)14-7-4-8-15(2)3/h11H,4-10H2,1-3H3,(H2,13,14). The molecule has 0 aromatic heterocycles. The quantitative estimate of drug-likeness (QED) is 0.441. The van der Waals surface area contributed by atoms with Gasteiger partial charge in [0, 0.05) is 19.6 Å². The van der Waals surface area contributed by atoms with E-state index in [1.165, 1.54) is 12.8 Å². The highest BCUT2D eigenvalue weighted by molar-refractivity contribution is 5.78. The Kier molecular flexibility index (Phi) is 5.60. The molecule has 0 spiro atoms. The molecule has 0 aromatic rings. The summed E-state index contributed by atoms with van der Waals surface area (Å²) < 4.78 is 0. The lowest BCUT2D eigenvalue weighted by Gasteiger charge is -2.31. The average molecular weight is 226 g/mol. The maximum Gasteiger partial charge on any atom is 0.191 e. The number of hydrogen-bond donors (Lipinski definition) is 1. The van der Waals surface area contributed by atoms with Gasteiger partial charge >= 0.3 is 0 Å². The minimum Gasteiger partial charge on any atom is -0.370 e. The monoisotopic (exact) mass is 226 g/mol. The number of piperidine rings is 1. The number of hydrogen-bond acceptors (Lipinski definition) is 2. The first-order chi connectivity index (χ1) is 7.59. The number of guanidine groups is 1. The van der Waals surface area contributed by atoms with E-state index in [2.05, 4.69) is 35.8 Å². The molecular formula is C12H26N4. The van der Waals surface area contributed by atoms with Crippen molar-refractivity contribution >= 4 is 5.96 Å². The third-order valence-corrected chi connectivity index (χ3v) is 3.14. The molecule has 0 amide bonds. The highest BCUT2D eigenvalue weighted by Crippen LogP contribution is 2.15. The van der Waals surface area contributed by atoms with Crippen LogP contribution < -0.4 is 5.73 Å². The van der Waals surface area contributed by atoms with Crippen LogP contribution in [0, 0.1) is 5.92 Å². The zero-order valence-electron chi connectivity index (χ0n) is 10.9. The van der Waals surface area contributed by atoms with Gasteiger partial charge in [-0.05, 0) is 45.8 Å². The Morgan fingerprint density at radius 3 is 2.56 bits per heavy atom. The Balaban J connectivity index is 2.22. The molecule has 1 heterocycles. The van der Waals surface area contributed by atoms with Crippen molar-refractivity contribution in [3.63, 3.8) is 0 Å². The van der Waals surface area contributed by atoms with E-state index < -0.39 is 0 Å². The fourth-order valence-corrected chi connectivity index (χ4v) is 1.92. The van der Waals surface area contributed by atoms with Gasteiger partial charge in [0.25, 0.3) is 0 Å². The first kappa shape index (κ1) is 13.3. The third kappa shape index (κ3) is 4.84. The second kappa shape index (κ2) is 6.74. The van der Waals surface area contributed by atoms with Crippen LogP contribution in [0.4, 0.5) is 0 Å². The van der Waals surface area contributed by atoms with Crippen LogP contribution in [0.5, 0.6) is 0 Å². The highest BCUT2D eigenvalue weighted by atomic mass is 15.3.